The minimum atomic E-state index is -3.50. The smallest absolute Gasteiger partial charge is 0.236 e. The molecule has 0 bridgehead atoms. The molecule has 20 heavy (non-hydrogen) atoms. The van der Waals surface area contributed by atoms with Crippen molar-refractivity contribution in [3.8, 4) is 0 Å². The maximum Gasteiger partial charge on any atom is 0.236 e. The van der Waals surface area contributed by atoms with Gasteiger partial charge in [0.1, 0.15) is 0 Å². The molecule has 0 saturated carbocycles. The van der Waals surface area contributed by atoms with Crippen LogP contribution in [0.2, 0.25) is 0 Å². The van der Waals surface area contributed by atoms with E-state index in [-0.39, 0.29) is 4.90 Å². The highest BCUT2D eigenvalue weighted by molar-refractivity contribution is 7.93. The molecule has 0 aliphatic heterocycles. The molecule has 2 N–H and O–H groups in total. The number of rotatable bonds is 7. The zero-order valence-electron chi connectivity index (χ0n) is 11.8. The first kappa shape index (κ1) is 16.9. The van der Waals surface area contributed by atoms with Crippen molar-refractivity contribution in [2.45, 2.75) is 24.0 Å². The van der Waals surface area contributed by atoms with E-state index in [1.54, 1.807) is 6.92 Å². The lowest BCUT2D eigenvalue weighted by Crippen LogP contribution is -2.34. The first-order valence-electron chi connectivity index (χ1n) is 6.19. The normalized spacial score (nSPS) is 13.9. The molecular weight excluding hydrogens is 300 g/mol. The minimum absolute atomic E-state index is 0.154. The average Bonchev–Trinajstić information content (AvgIpc) is 2.34. The summed E-state index contributed by atoms with van der Waals surface area (Å²) in [5.74, 6) is 0. The van der Waals surface area contributed by atoms with Gasteiger partial charge < -0.3 is 5.32 Å². The third-order valence-electron chi connectivity index (χ3n) is 2.75. The van der Waals surface area contributed by atoms with E-state index in [4.69, 9.17) is 0 Å². The summed E-state index contributed by atoms with van der Waals surface area (Å²) in [4.78, 5) is 0.154. The molecule has 0 fully saturated rings. The molecule has 1 atom stereocenters. The Kier molecular flexibility index (Phi) is 5.55. The van der Waals surface area contributed by atoms with Crippen molar-refractivity contribution in [3.63, 3.8) is 0 Å². The van der Waals surface area contributed by atoms with Crippen molar-refractivity contribution in [2.24, 2.45) is 0 Å². The van der Waals surface area contributed by atoms with Crippen LogP contribution >= 0.6 is 0 Å². The lowest BCUT2D eigenvalue weighted by atomic mass is 10.3. The number of hydrogen-bond donors (Lipinski definition) is 2. The zero-order valence-corrected chi connectivity index (χ0v) is 13.4. The molecule has 0 heterocycles. The molecule has 8 heteroatoms. The van der Waals surface area contributed by atoms with Crippen molar-refractivity contribution in [1.82, 2.24) is 5.32 Å². The van der Waals surface area contributed by atoms with Crippen molar-refractivity contribution >= 4 is 25.5 Å². The van der Waals surface area contributed by atoms with Gasteiger partial charge in [0.05, 0.1) is 10.1 Å². The molecular formula is C12H20N2O4S2. The fourth-order valence-corrected chi connectivity index (χ4v) is 3.13. The van der Waals surface area contributed by atoms with Crippen molar-refractivity contribution < 1.29 is 16.8 Å². The Balaban J connectivity index is 2.83. The largest absolute Gasteiger partial charge is 0.316 e. The maximum atomic E-state index is 12.0. The van der Waals surface area contributed by atoms with Gasteiger partial charge in [-0.1, -0.05) is 6.92 Å². The van der Waals surface area contributed by atoms with Gasteiger partial charge in [0.2, 0.25) is 10.0 Å². The molecule has 6 nitrogen and oxygen atoms in total. The Morgan fingerprint density at radius 2 is 1.65 bits per heavy atom. The summed E-state index contributed by atoms with van der Waals surface area (Å²) in [6.07, 6.45) is 1.10. The summed E-state index contributed by atoms with van der Waals surface area (Å²) >= 11 is 0. The van der Waals surface area contributed by atoms with Crippen LogP contribution in [0.4, 0.5) is 5.69 Å². The van der Waals surface area contributed by atoms with Crippen LogP contribution in [0.15, 0.2) is 29.2 Å². The van der Waals surface area contributed by atoms with Crippen LogP contribution in [0.1, 0.15) is 13.8 Å². The summed E-state index contributed by atoms with van der Waals surface area (Å²) in [6.45, 7) is 4.56. The Morgan fingerprint density at radius 1 is 1.10 bits per heavy atom. The van der Waals surface area contributed by atoms with Crippen molar-refractivity contribution in [2.75, 3.05) is 24.1 Å². The molecule has 0 amide bonds. The zero-order chi connectivity index (χ0) is 15.4. The first-order valence-corrected chi connectivity index (χ1v) is 9.63. The third kappa shape index (κ3) is 4.77. The molecule has 0 radical (unpaired) electrons. The SMILES string of the molecule is CCNCC(C)S(=O)(=O)Nc1ccc(S(C)(=O)=O)cc1. The van der Waals surface area contributed by atoms with Gasteiger partial charge >= 0.3 is 0 Å². The van der Waals surface area contributed by atoms with Crippen LogP contribution in [0.3, 0.4) is 0 Å². The monoisotopic (exact) mass is 320 g/mol. The van der Waals surface area contributed by atoms with Crippen LogP contribution in [0.5, 0.6) is 0 Å². The van der Waals surface area contributed by atoms with Crippen LogP contribution in [0.25, 0.3) is 0 Å². The highest BCUT2D eigenvalue weighted by Gasteiger charge is 2.20. The van der Waals surface area contributed by atoms with Crippen LogP contribution in [-0.2, 0) is 19.9 Å². The number of anilines is 1. The van der Waals surface area contributed by atoms with Gasteiger partial charge in [0.15, 0.2) is 9.84 Å². The summed E-state index contributed by atoms with van der Waals surface area (Å²) in [7, 11) is -6.77. The van der Waals surface area contributed by atoms with Gasteiger partial charge in [-0.05, 0) is 37.7 Å². The van der Waals surface area contributed by atoms with E-state index in [0.29, 0.717) is 18.8 Å². The molecule has 0 saturated heterocycles. The number of sulfonamides is 1. The second-order valence-electron chi connectivity index (χ2n) is 4.56. The third-order valence-corrected chi connectivity index (χ3v) is 5.63. The highest BCUT2D eigenvalue weighted by atomic mass is 32.2. The molecule has 1 rings (SSSR count). The van der Waals surface area contributed by atoms with Crippen LogP contribution < -0.4 is 10.0 Å². The van der Waals surface area contributed by atoms with Gasteiger partial charge in [-0.2, -0.15) is 0 Å². The lowest BCUT2D eigenvalue weighted by Gasteiger charge is -2.15. The predicted octanol–water partition coefficient (Wildman–Crippen LogP) is 0.830. The molecule has 0 aliphatic rings. The van der Waals surface area contributed by atoms with E-state index in [0.717, 1.165) is 6.26 Å². The number of hydrogen-bond acceptors (Lipinski definition) is 5. The van der Waals surface area contributed by atoms with Gasteiger partial charge in [-0.15, -0.1) is 0 Å². The molecule has 114 valence electrons. The van der Waals surface area contributed by atoms with Gasteiger partial charge in [0.25, 0.3) is 0 Å². The fraction of sp³-hybridized carbons (Fsp3) is 0.500. The van der Waals surface area contributed by atoms with E-state index >= 15 is 0 Å². The van der Waals surface area contributed by atoms with E-state index in [1.807, 2.05) is 6.92 Å². The highest BCUT2D eigenvalue weighted by Crippen LogP contribution is 2.16. The molecule has 1 aromatic rings. The molecule has 1 aromatic carbocycles. The van der Waals surface area contributed by atoms with Gasteiger partial charge in [-0.3, -0.25) is 4.72 Å². The fourth-order valence-electron chi connectivity index (χ4n) is 1.49. The molecule has 0 aromatic heterocycles. The first-order chi connectivity index (χ1) is 9.16. The number of sulfone groups is 1. The summed E-state index contributed by atoms with van der Waals surface area (Å²) in [5, 5.41) is 2.38. The number of benzene rings is 1. The van der Waals surface area contributed by atoms with E-state index in [1.165, 1.54) is 24.3 Å². The van der Waals surface area contributed by atoms with E-state index < -0.39 is 25.1 Å². The molecule has 0 spiro atoms. The standard InChI is InChI=1S/C12H20N2O4S2/c1-4-13-9-10(2)20(17,18)14-11-5-7-12(8-6-11)19(3,15)16/h5-8,10,13-14H,4,9H2,1-3H3. The Bertz CT molecular complexity index is 637. The average molecular weight is 320 g/mol. The Labute approximate surface area is 120 Å². The van der Waals surface area contributed by atoms with Crippen LogP contribution in [0, 0.1) is 0 Å². The Morgan fingerprint density at radius 3 is 2.10 bits per heavy atom. The van der Waals surface area contributed by atoms with Crippen LogP contribution in [-0.4, -0.2) is 41.4 Å². The maximum absolute atomic E-state index is 12.0. The number of nitrogens with one attached hydrogen (secondary N) is 2. The van der Waals surface area contributed by atoms with Gasteiger partial charge in [-0.25, -0.2) is 16.8 Å². The van der Waals surface area contributed by atoms with E-state index in [9.17, 15) is 16.8 Å². The summed E-state index contributed by atoms with van der Waals surface area (Å²) < 4.78 is 49.1. The van der Waals surface area contributed by atoms with Crippen molar-refractivity contribution in [1.29, 1.82) is 0 Å². The lowest BCUT2D eigenvalue weighted by molar-refractivity contribution is 0.579. The summed E-state index contributed by atoms with van der Waals surface area (Å²) in [6, 6.07) is 5.63. The van der Waals surface area contributed by atoms with Gasteiger partial charge in [0, 0.05) is 18.5 Å². The topological polar surface area (TPSA) is 92.3 Å². The Hall–Kier alpha value is -1.12. The second kappa shape index (κ2) is 6.55. The predicted molar refractivity (Wildman–Crippen MR) is 80.1 cm³/mol. The summed E-state index contributed by atoms with van der Waals surface area (Å²) in [5.41, 5.74) is 0.348. The molecule has 1 unspecified atom stereocenters. The van der Waals surface area contributed by atoms with Crippen molar-refractivity contribution in [3.05, 3.63) is 24.3 Å². The second-order valence-corrected chi connectivity index (χ2v) is 8.68. The van der Waals surface area contributed by atoms with E-state index in [2.05, 4.69) is 10.0 Å². The molecule has 0 aliphatic carbocycles. The quantitative estimate of drug-likeness (QED) is 0.776. The minimum Gasteiger partial charge on any atom is -0.316 e.